The third kappa shape index (κ3) is 4.17. The van der Waals surface area contributed by atoms with Crippen molar-refractivity contribution in [2.45, 2.75) is 1.78 Å². The molecule has 0 saturated carbocycles. The zero-order valence-electron chi connectivity index (χ0n) is 8.89. The Morgan fingerprint density at radius 2 is 1.00 bits per heavy atom. The molecule has 0 nitrogen and oxygen atoms in total. The van der Waals surface area contributed by atoms with Crippen LogP contribution < -0.4 is 0 Å². The van der Waals surface area contributed by atoms with Gasteiger partial charge >= 0.3 is 118 Å². The Labute approximate surface area is 116 Å². The molecule has 0 N–H and O–H groups in total. The summed E-state index contributed by atoms with van der Waals surface area (Å²) < 4.78 is 2.80. The fourth-order valence-electron chi connectivity index (χ4n) is 1.79. The topological polar surface area (TPSA) is 0 Å². The summed E-state index contributed by atoms with van der Waals surface area (Å²) in [6, 6.07) is 21.8. The molecule has 15 heavy (non-hydrogen) atoms. The molecule has 0 amide bonds. The minimum atomic E-state index is -0.715. The van der Waals surface area contributed by atoms with Crippen molar-refractivity contribution in [3.63, 3.8) is 0 Å². The molecule has 72 valence electrons. The van der Waals surface area contributed by atoms with Gasteiger partial charge in [0.25, 0.3) is 0 Å². The van der Waals surface area contributed by atoms with Crippen LogP contribution in [0.15, 0.2) is 60.7 Å². The Morgan fingerprint density at radius 1 is 0.600 bits per heavy atom. The van der Waals surface area contributed by atoms with Crippen molar-refractivity contribution in [3.8, 4) is 0 Å². The van der Waals surface area contributed by atoms with Crippen LogP contribution in [0.5, 0.6) is 0 Å². The number of benzene rings is 2. The molecule has 0 aliphatic rings. The monoisotopic (exact) mass is 320 g/mol. The summed E-state index contributed by atoms with van der Waals surface area (Å²) in [7, 11) is 0. The molecule has 0 aromatic heterocycles. The second kappa shape index (κ2) is 6.56. The molecular weight excluding hydrogens is 305 g/mol. The van der Waals surface area contributed by atoms with E-state index in [9.17, 15) is 0 Å². The van der Waals surface area contributed by atoms with Gasteiger partial charge in [-0.15, -0.1) is 0 Å². The van der Waals surface area contributed by atoms with E-state index in [-0.39, 0.29) is 0 Å². The van der Waals surface area contributed by atoms with Gasteiger partial charge in [-0.3, -0.25) is 0 Å². The van der Waals surface area contributed by atoms with Gasteiger partial charge in [-0.05, 0) is 0 Å². The van der Waals surface area contributed by atoms with Crippen LogP contribution in [0.25, 0.3) is 0 Å². The van der Waals surface area contributed by atoms with Gasteiger partial charge in [0.05, 0.1) is 0 Å². The molecule has 0 saturated heterocycles. The number of rotatable bonds is 4. The van der Waals surface area contributed by atoms with Gasteiger partial charge in [0.2, 0.25) is 0 Å². The first kappa shape index (κ1) is 11.5. The van der Waals surface area contributed by atoms with Gasteiger partial charge in [0.15, 0.2) is 0 Å². The Bertz CT molecular complexity index is 341. The summed E-state index contributed by atoms with van der Waals surface area (Å²) in [4.78, 5) is 0. The van der Waals surface area contributed by atoms with Crippen LogP contribution >= 0.6 is 0 Å². The number of hydrogen-bond acceptors (Lipinski definition) is 0. The third-order valence-electron chi connectivity index (χ3n) is 2.62. The van der Waals surface area contributed by atoms with Gasteiger partial charge < -0.3 is 0 Å². The van der Waals surface area contributed by atoms with Crippen LogP contribution in [-0.4, -0.2) is 44.2 Å². The average molecular weight is 320 g/mol. The molecule has 0 spiro atoms. The standard InChI is InChI=1S/2C7H7.Ba/c2*1-7-5-3-2-4-6-7;/h2*2-6H,1H2;. The SMILES string of the molecule is c1ccc([CH2][Ba][CH2]c2ccccc2)cc1. The fraction of sp³-hybridized carbons (Fsp3) is 0.143. The van der Waals surface area contributed by atoms with Crippen molar-refractivity contribution in [2.24, 2.45) is 0 Å². The summed E-state index contributed by atoms with van der Waals surface area (Å²) in [5.41, 5.74) is 3.07. The first-order valence-electron chi connectivity index (χ1n) is 5.53. The van der Waals surface area contributed by atoms with Crippen LogP contribution in [0.2, 0.25) is 0 Å². The summed E-state index contributed by atoms with van der Waals surface area (Å²) in [5.74, 6) is 0. The second-order valence-corrected chi connectivity index (χ2v) is 9.19. The van der Waals surface area contributed by atoms with Crippen molar-refractivity contribution >= 4 is 44.2 Å². The van der Waals surface area contributed by atoms with Crippen LogP contribution in [-0.2, 0) is 1.78 Å². The molecule has 0 radical (unpaired) electrons. The fourth-order valence-corrected chi connectivity index (χ4v) is 7.00. The zero-order chi connectivity index (χ0) is 10.3. The molecule has 0 atom stereocenters. The number of hydrogen-bond donors (Lipinski definition) is 0. The van der Waals surface area contributed by atoms with Crippen molar-refractivity contribution in [1.29, 1.82) is 0 Å². The quantitative estimate of drug-likeness (QED) is 0.760. The summed E-state index contributed by atoms with van der Waals surface area (Å²) >= 11 is -0.715. The molecule has 0 unspecified atom stereocenters. The van der Waals surface area contributed by atoms with Gasteiger partial charge in [-0.25, -0.2) is 0 Å². The first-order valence-corrected chi connectivity index (χ1v) is 11.8. The van der Waals surface area contributed by atoms with Crippen LogP contribution in [0.1, 0.15) is 11.1 Å². The Balaban J connectivity index is 1.81. The molecule has 1 heteroatoms. The van der Waals surface area contributed by atoms with E-state index in [4.69, 9.17) is 0 Å². The zero-order valence-corrected chi connectivity index (χ0v) is 13.3. The predicted molar refractivity (Wildman–Crippen MR) is 66.0 cm³/mol. The Hall–Kier alpha value is 0.0114. The summed E-state index contributed by atoms with van der Waals surface area (Å²) in [6.45, 7) is 0. The molecule has 0 fully saturated rings. The predicted octanol–water partition coefficient (Wildman–Crippen LogP) is 3.09. The molecule has 0 heterocycles. The van der Waals surface area contributed by atoms with Crippen molar-refractivity contribution in [3.05, 3.63) is 71.8 Å². The molecule has 0 aliphatic carbocycles. The van der Waals surface area contributed by atoms with Crippen LogP contribution in [0, 0.1) is 0 Å². The maximum absolute atomic E-state index is 2.25. The van der Waals surface area contributed by atoms with E-state index in [1.165, 1.54) is 12.9 Å². The second-order valence-electron chi connectivity index (χ2n) is 3.82. The Morgan fingerprint density at radius 3 is 1.40 bits per heavy atom. The summed E-state index contributed by atoms with van der Waals surface area (Å²) in [6.07, 6.45) is 0. The molecular formula is C14H14Ba. The Kier molecular flexibility index (Phi) is 5.03. The van der Waals surface area contributed by atoms with Gasteiger partial charge in [-0.2, -0.15) is 0 Å². The van der Waals surface area contributed by atoms with E-state index in [1.807, 2.05) is 0 Å². The van der Waals surface area contributed by atoms with Gasteiger partial charge in [0, 0.05) is 0 Å². The molecule has 0 aliphatic heterocycles. The maximum atomic E-state index is 2.25. The average Bonchev–Trinajstić information content (AvgIpc) is 2.32. The van der Waals surface area contributed by atoms with Crippen molar-refractivity contribution < 1.29 is 0 Å². The molecule has 2 aromatic rings. The van der Waals surface area contributed by atoms with E-state index >= 15 is 0 Å². The van der Waals surface area contributed by atoms with Gasteiger partial charge in [0.1, 0.15) is 0 Å². The third-order valence-corrected chi connectivity index (χ3v) is 8.46. The first-order chi connectivity index (χ1) is 7.45. The van der Waals surface area contributed by atoms with Crippen molar-refractivity contribution in [1.82, 2.24) is 0 Å². The van der Waals surface area contributed by atoms with E-state index in [0.29, 0.717) is 0 Å². The van der Waals surface area contributed by atoms with E-state index in [0.717, 1.165) is 0 Å². The molecule has 0 bridgehead atoms. The molecule has 2 aromatic carbocycles. The van der Waals surface area contributed by atoms with Crippen LogP contribution in [0.3, 0.4) is 0 Å². The van der Waals surface area contributed by atoms with Crippen LogP contribution in [0.4, 0.5) is 0 Å². The minimum absolute atomic E-state index is 0.715. The van der Waals surface area contributed by atoms with E-state index in [2.05, 4.69) is 60.7 Å². The van der Waals surface area contributed by atoms with Crippen molar-refractivity contribution in [2.75, 3.05) is 0 Å². The molecule has 2 rings (SSSR count). The summed E-state index contributed by atoms with van der Waals surface area (Å²) in [5, 5.41) is 0. The van der Waals surface area contributed by atoms with Gasteiger partial charge in [-0.1, -0.05) is 0 Å². The normalized spacial score (nSPS) is 9.60. The van der Waals surface area contributed by atoms with E-state index in [1.54, 1.807) is 0 Å². The van der Waals surface area contributed by atoms with E-state index < -0.39 is 44.2 Å².